The first-order valence-corrected chi connectivity index (χ1v) is 12.7. The molecule has 8 nitrogen and oxygen atoms in total. The molecule has 0 saturated carbocycles. The van der Waals surface area contributed by atoms with E-state index in [0.717, 1.165) is 24.0 Å². The number of amides is 1. The van der Waals surface area contributed by atoms with Crippen molar-refractivity contribution in [3.05, 3.63) is 53.6 Å². The summed E-state index contributed by atoms with van der Waals surface area (Å²) >= 11 is 0. The molecule has 1 fully saturated rings. The van der Waals surface area contributed by atoms with Gasteiger partial charge >= 0.3 is 5.97 Å². The number of carboxylic acid groups (broad SMARTS) is 1. The van der Waals surface area contributed by atoms with E-state index in [-0.39, 0.29) is 18.6 Å². The molecule has 2 aliphatic rings. The second-order valence-corrected chi connectivity index (χ2v) is 9.56. The average molecular weight is 497 g/mol. The molecule has 4 atom stereocenters. The van der Waals surface area contributed by atoms with E-state index in [0.29, 0.717) is 36.8 Å². The molecule has 3 unspecified atom stereocenters. The van der Waals surface area contributed by atoms with Gasteiger partial charge in [0.15, 0.2) is 11.5 Å². The van der Waals surface area contributed by atoms with Crippen molar-refractivity contribution in [2.75, 3.05) is 34.0 Å². The number of benzene rings is 2. The van der Waals surface area contributed by atoms with Gasteiger partial charge in [-0.2, -0.15) is 0 Å². The Morgan fingerprint density at radius 1 is 1.08 bits per heavy atom. The Kier molecular flexibility index (Phi) is 8.04. The minimum Gasteiger partial charge on any atom is -0.497 e. The van der Waals surface area contributed by atoms with Gasteiger partial charge in [-0.1, -0.05) is 38.5 Å². The average Bonchev–Trinajstić information content (AvgIpc) is 3.51. The number of aliphatic carboxylic acids is 1. The van der Waals surface area contributed by atoms with Crippen molar-refractivity contribution in [3.63, 3.8) is 0 Å². The van der Waals surface area contributed by atoms with E-state index in [2.05, 4.69) is 11.8 Å². The highest BCUT2D eigenvalue weighted by atomic mass is 16.7. The summed E-state index contributed by atoms with van der Waals surface area (Å²) < 4.78 is 16.4. The quantitative estimate of drug-likeness (QED) is 0.525. The van der Waals surface area contributed by atoms with Crippen molar-refractivity contribution in [2.45, 2.75) is 51.1 Å². The van der Waals surface area contributed by atoms with E-state index in [1.807, 2.05) is 56.4 Å². The molecule has 2 aromatic rings. The van der Waals surface area contributed by atoms with Crippen LogP contribution in [-0.4, -0.2) is 66.9 Å². The summed E-state index contributed by atoms with van der Waals surface area (Å²) in [4.78, 5) is 30.4. The number of methoxy groups -OCH3 is 1. The molecule has 1 amide bonds. The Balaban J connectivity index is 1.79. The molecule has 8 heteroatoms. The number of ether oxygens (including phenoxy) is 3. The first-order valence-electron chi connectivity index (χ1n) is 12.7. The molecule has 0 aliphatic carbocycles. The third-order valence-corrected chi connectivity index (χ3v) is 7.29. The highest BCUT2D eigenvalue weighted by Gasteiger charge is 2.51. The van der Waals surface area contributed by atoms with Crippen LogP contribution in [0.2, 0.25) is 0 Å². The summed E-state index contributed by atoms with van der Waals surface area (Å²) in [6.45, 7) is 5.37. The number of fused-ring (bicyclic) bond motifs is 1. The third kappa shape index (κ3) is 5.00. The Morgan fingerprint density at radius 3 is 2.42 bits per heavy atom. The van der Waals surface area contributed by atoms with Crippen LogP contribution in [0.1, 0.15) is 56.2 Å². The lowest BCUT2D eigenvalue weighted by molar-refractivity contribution is -0.144. The van der Waals surface area contributed by atoms with Gasteiger partial charge in [0.1, 0.15) is 5.75 Å². The van der Waals surface area contributed by atoms with Crippen LogP contribution < -0.4 is 14.2 Å². The zero-order chi connectivity index (χ0) is 25.8. The van der Waals surface area contributed by atoms with Gasteiger partial charge in [-0.05, 0) is 48.2 Å². The molecule has 1 N–H and O–H groups in total. The number of likely N-dealkylation sites (tertiary alicyclic amines) is 1. The molecule has 2 aromatic carbocycles. The molecule has 0 aromatic heterocycles. The van der Waals surface area contributed by atoms with E-state index in [1.165, 1.54) is 0 Å². The Labute approximate surface area is 212 Å². The fourth-order valence-electron chi connectivity index (χ4n) is 5.57. The van der Waals surface area contributed by atoms with E-state index >= 15 is 0 Å². The zero-order valence-electron chi connectivity index (χ0n) is 21.5. The van der Waals surface area contributed by atoms with Crippen LogP contribution in [0.15, 0.2) is 42.5 Å². The number of nitrogens with zero attached hydrogens (tertiary/aromatic N) is 2. The highest BCUT2D eigenvalue weighted by molar-refractivity contribution is 5.82. The third-order valence-electron chi connectivity index (χ3n) is 7.29. The molecule has 194 valence electrons. The standard InChI is InChI=1S/C28H36N2O6/c1-5-7-22(27(31)29(3)14-6-2)30-16-21(19-10-13-23-24(15-19)36-17-35-23)25(28(32)33)26(30)18-8-11-20(34-4)12-9-18/h8-13,15,21-22,25-26H,5-7,14,16-17H2,1-4H3,(H,32,33)/t21?,22-,25?,26?/m0/s1. The lowest BCUT2D eigenvalue weighted by Gasteiger charge is -2.35. The molecule has 2 aliphatic heterocycles. The lowest BCUT2D eigenvalue weighted by Crippen LogP contribution is -2.48. The van der Waals surface area contributed by atoms with E-state index in [4.69, 9.17) is 14.2 Å². The molecular formula is C28H36N2O6. The topological polar surface area (TPSA) is 88.5 Å². The molecule has 4 rings (SSSR count). The van der Waals surface area contributed by atoms with Gasteiger partial charge in [0.25, 0.3) is 0 Å². The Hall–Kier alpha value is -3.26. The van der Waals surface area contributed by atoms with Gasteiger partial charge in [0.05, 0.1) is 19.1 Å². The highest BCUT2D eigenvalue weighted by Crippen LogP contribution is 2.49. The number of carboxylic acids is 1. The van der Waals surface area contributed by atoms with Crippen LogP contribution >= 0.6 is 0 Å². The number of carbonyl (C=O) groups excluding carboxylic acids is 1. The fraction of sp³-hybridized carbons (Fsp3) is 0.500. The predicted molar refractivity (Wildman–Crippen MR) is 135 cm³/mol. The molecule has 0 spiro atoms. The normalized spacial score (nSPS) is 21.8. The molecule has 0 bridgehead atoms. The summed E-state index contributed by atoms with van der Waals surface area (Å²) in [5, 5.41) is 10.5. The minimum absolute atomic E-state index is 0.0349. The van der Waals surface area contributed by atoms with Gasteiger partial charge in [-0.25, -0.2) is 0 Å². The van der Waals surface area contributed by atoms with Crippen molar-refractivity contribution in [3.8, 4) is 17.2 Å². The number of rotatable bonds is 10. The van der Waals surface area contributed by atoms with E-state index < -0.39 is 24.0 Å². The molecular weight excluding hydrogens is 460 g/mol. The summed E-state index contributed by atoms with van der Waals surface area (Å²) in [6, 6.07) is 12.3. The monoisotopic (exact) mass is 496 g/mol. The number of hydrogen-bond acceptors (Lipinski definition) is 6. The number of carbonyl (C=O) groups is 2. The van der Waals surface area contributed by atoms with E-state index in [9.17, 15) is 14.7 Å². The minimum atomic E-state index is -0.884. The summed E-state index contributed by atoms with van der Waals surface area (Å²) in [6.07, 6.45) is 2.33. The summed E-state index contributed by atoms with van der Waals surface area (Å²) in [5.74, 6) is 0.0622. The molecule has 1 saturated heterocycles. The smallest absolute Gasteiger partial charge is 0.309 e. The van der Waals surface area contributed by atoms with Crippen LogP contribution in [0.3, 0.4) is 0 Å². The van der Waals surface area contributed by atoms with Gasteiger partial charge in [0.2, 0.25) is 12.7 Å². The van der Waals surface area contributed by atoms with Crippen molar-refractivity contribution >= 4 is 11.9 Å². The molecule has 0 radical (unpaired) electrons. The molecule has 2 heterocycles. The predicted octanol–water partition coefficient (Wildman–Crippen LogP) is 4.30. The van der Waals surface area contributed by atoms with E-state index in [1.54, 1.807) is 12.0 Å². The van der Waals surface area contributed by atoms with Crippen LogP contribution in [-0.2, 0) is 9.59 Å². The maximum Gasteiger partial charge on any atom is 0.309 e. The van der Waals surface area contributed by atoms with Gasteiger partial charge in [-0.3, -0.25) is 14.5 Å². The number of hydrogen-bond donors (Lipinski definition) is 1. The van der Waals surface area contributed by atoms with Gasteiger partial charge in [0, 0.05) is 32.1 Å². The summed E-state index contributed by atoms with van der Waals surface area (Å²) in [5.41, 5.74) is 1.73. The van der Waals surface area contributed by atoms with Crippen molar-refractivity contribution in [1.82, 2.24) is 9.80 Å². The Bertz CT molecular complexity index is 1070. The summed E-state index contributed by atoms with van der Waals surface area (Å²) in [7, 11) is 3.43. The maximum atomic E-state index is 13.6. The maximum absolute atomic E-state index is 13.6. The second-order valence-electron chi connectivity index (χ2n) is 9.56. The van der Waals surface area contributed by atoms with Crippen molar-refractivity contribution in [2.24, 2.45) is 5.92 Å². The van der Waals surface area contributed by atoms with Crippen molar-refractivity contribution in [1.29, 1.82) is 0 Å². The molecule has 36 heavy (non-hydrogen) atoms. The SMILES string of the molecule is CCC[C@@H](C(=O)N(C)CCC)N1CC(c2ccc3c(c2)OCO3)C(C(=O)O)C1c1ccc(OC)cc1. The van der Waals surface area contributed by atoms with Crippen LogP contribution in [0, 0.1) is 5.92 Å². The van der Waals surface area contributed by atoms with Crippen LogP contribution in [0.5, 0.6) is 17.2 Å². The van der Waals surface area contributed by atoms with Crippen molar-refractivity contribution < 1.29 is 28.9 Å². The van der Waals surface area contributed by atoms with Crippen LogP contribution in [0.25, 0.3) is 0 Å². The second kappa shape index (κ2) is 11.2. The van der Waals surface area contributed by atoms with Gasteiger partial charge in [-0.15, -0.1) is 0 Å². The fourth-order valence-corrected chi connectivity index (χ4v) is 5.57. The van der Waals surface area contributed by atoms with Gasteiger partial charge < -0.3 is 24.2 Å². The Morgan fingerprint density at radius 2 is 1.78 bits per heavy atom. The first-order chi connectivity index (χ1) is 17.4. The zero-order valence-corrected chi connectivity index (χ0v) is 21.5. The lowest BCUT2D eigenvalue weighted by atomic mass is 9.82. The largest absolute Gasteiger partial charge is 0.497 e. The number of likely N-dealkylation sites (N-methyl/N-ethyl adjacent to an activating group) is 1. The first kappa shape index (κ1) is 25.8. The van der Waals surface area contributed by atoms with Crippen LogP contribution in [0.4, 0.5) is 0 Å².